The zero-order chi connectivity index (χ0) is 14.7. The Balaban J connectivity index is 1.70. The molecule has 0 aliphatic heterocycles. The number of nitrogens with zero attached hydrogens (tertiary/aromatic N) is 2. The van der Waals surface area contributed by atoms with Crippen molar-refractivity contribution in [3.05, 3.63) is 54.3 Å². The zero-order valence-electron chi connectivity index (χ0n) is 11.2. The van der Waals surface area contributed by atoms with Gasteiger partial charge in [-0.3, -0.25) is 9.89 Å². The highest BCUT2D eigenvalue weighted by Gasteiger charge is 2.12. The Kier molecular flexibility index (Phi) is 3.38. The van der Waals surface area contributed by atoms with Gasteiger partial charge in [-0.15, -0.1) is 0 Å². The normalized spacial score (nSPS) is 11.6. The van der Waals surface area contributed by atoms with Crippen molar-refractivity contribution in [1.82, 2.24) is 15.6 Å². The Hall–Kier alpha value is -3.09. The van der Waals surface area contributed by atoms with E-state index in [2.05, 4.69) is 20.7 Å². The minimum atomic E-state index is -0.397. The number of H-pyrrole nitrogens is 1. The van der Waals surface area contributed by atoms with Crippen LogP contribution in [0.3, 0.4) is 0 Å². The first kappa shape index (κ1) is 12.9. The number of furan rings is 2. The van der Waals surface area contributed by atoms with Gasteiger partial charge in [-0.25, -0.2) is 5.43 Å². The Morgan fingerprint density at radius 2 is 2.10 bits per heavy atom. The molecule has 3 heterocycles. The number of hydrazone groups is 1. The second kappa shape index (κ2) is 5.49. The quantitative estimate of drug-likeness (QED) is 0.568. The summed E-state index contributed by atoms with van der Waals surface area (Å²) in [5.74, 6) is 0.781. The summed E-state index contributed by atoms with van der Waals surface area (Å²) in [7, 11) is 0. The van der Waals surface area contributed by atoms with Crippen LogP contribution in [0.1, 0.15) is 23.2 Å². The van der Waals surface area contributed by atoms with Gasteiger partial charge in [0.1, 0.15) is 22.9 Å². The molecule has 0 spiro atoms. The van der Waals surface area contributed by atoms with Gasteiger partial charge in [0.2, 0.25) is 0 Å². The molecule has 7 nitrogen and oxygen atoms in total. The van der Waals surface area contributed by atoms with Gasteiger partial charge in [0, 0.05) is 6.07 Å². The van der Waals surface area contributed by atoms with Gasteiger partial charge in [0.15, 0.2) is 5.76 Å². The SMILES string of the molecule is C/C(=N\NC(=O)c1cc(-c2ccco2)n[nH]1)c1ccco1. The van der Waals surface area contributed by atoms with Crippen LogP contribution in [0.4, 0.5) is 0 Å². The average Bonchev–Trinajstić information content (AvgIpc) is 3.25. The van der Waals surface area contributed by atoms with E-state index in [0.717, 1.165) is 0 Å². The van der Waals surface area contributed by atoms with E-state index in [4.69, 9.17) is 8.83 Å². The highest BCUT2D eigenvalue weighted by Crippen LogP contribution is 2.17. The van der Waals surface area contributed by atoms with Crippen LogP contribution in [0.2, 0.25) is 0 Å². The Morgan fingerprint density at radius 3 is 2.81 bits per heavy atom. The predicted molar refractivity (Wildman–Crippen MR) is 74.7 cm³/mol. The van der Waals surface area contributed by atoms with Crippen molar-refractivity contribution in [2.24, 2.45) is 5.10 Å². The fourth-order valence-corrected chi connectivity index (χ4v) is 1.72. The van der Waals surface area contributed by atoms with E-state index >= 15 is 0 Å². The Morgan fingerprint density at radius 1 is 1.29 bits per heavy atom. The molecule has 0 bridgehead atoms. The van der Waals surface area contributed by atoms with Crippen molar-refractivity contribution in [3.63, 3.8) is 0 Å². The van der Waals surface area contributed by atoms with Gasteiger partial charge < -0.3 is 8.83 Å². The maximum atomic E-state index is 12.0. The number of aromatic nitrogens is 2. The van der Waals surface area contributed by atoms with Crippen molar-refractivity contribution >= 4 is 11.6 Å². The Bertz CT molecular complexity index is 754. The standard InChI is InChI=1S/C14H12N4O3/c1-9(12-4-2-6-20-12)15-18-14(19)11-8-10(16-17-11)13-5-3-7-21-13/h2-8H,1H3,(H,16,17)(H,18,19)/b15-9+. The summed E-state index contributed by atoms with van der Waals surface area (Å²) in [6.45, 7) is 1.74. The molecule has 0 unspecified atom stereocenters. The number of amides is 1. The summed E-state index contributed by atoms with van der Waals surface area (Å²) in [4.78, 5) is 12.0. The molecule has 0 aliphatic carbocycles. The molecule has 0 fully saturated rings. The first-order valence-corrected chi connectivity index (χ1v) is 6.22. The topological polar surface area (TPSA) is 96.4 Å². The number of hydrogen-bond acceptors (Lipinski definition) is 5. The third-order valence-electron chi connectivity index (χ3n) is 2.80. The van der Waals surface area contributed by atoms with Crippen molar-refractivity contribution in [2.45, 2.75) is 6.92 Å². The molecular formula is C14H12N4O3. The zero-order valence-corrected chi connectivity index (χ0v) is 11.2. The number of nitrogens with one attached hydrogen (secondary N) is 2. The molecule has 0 aromatic carbocycles. The lowest BCUT2D eigenvalue weighted by Gasteiger charge is -1.98. The largest absolute Gasteiger partial charge is 0.463 e. The molecule has 0 atom stereocenters. The summed E-state index contributed by atoms with van der Waals surface area (Å²) in [6, 6.07) is 8.61. The maximum absolute atomic E-state index is 12.0. The highest BCUT2D eigenvalue weighted by atomic mass is 16.3. The van der Waals surface area contributed by atoms with Crippen molar-refractivity contribution in [3.8, 4) is 11.5 Å². The molecular weight excluding hydrogens is 272 g/mol. The third kappa shape index (κ3) is 2.76. The molecule has 3 aromatic rings. The molecule has 3 rings (SSSR count). The fourth-order valence-electron chi connectivity index (χ4n) is 1.72. The molecule has 2 N–H and O–H groups in total. The first-order chi connectivity index (χ1) is 10.2. The van der Waals surface area contributed by atoms with Crippen LogP contribution in [0.25, 0.3) is 11.5 Å². The smallest absolute Gasteiger partial charge is 0.289 e. The van der Waals surface area contributed by atoms with E-state index in [-0.39, 0.29) is 5.69 Å². The molecule has 0 saturated heterocycles. The molecule has 0 saturated carbocycles. The molecule has 0 aliphatic rings. The van der Waals surface area contributed by atoms with Gasteiger partial charge in [0.25, 0.3) is 5.91 Å². The van der Waals surface area contributed by atoms with Crippen molar-refractivity contribution in [2.75, 3.05) is 0 Å². The fraction of sp³-hybridized carbons (Fsp3) is 0.0714. The van der Waals surface area contributed by atoms with Crippen LogP contribution in [0.15, 0.2) is 56.8 Å². The second-order valence-electron chi connectivity index (χ2n) is 4.26. The molecule has 3 aromatic heterocycles. The van der Waals surface area contributed by atoms with Gasteiger partial charge >= 0.3 is 0 Å². The van der Waals surface area contributed by atoms with Crippen molar-refractivity contribution < 1.29 is 13.6 Å². The van der Waals surface area contributed by atoms with Crippen molar-refractivity contribution in [1.29, 1.82) is 0 Å². The minimum absolute atomic E-state index is 0.289. The third-order valence-corrected chi connectivity index (χ3v) is 2.80. The van der Waals surface area contributed by atoms with Crippen LogP contribution in [-0.2, 0) is 0 Å². The van der Waals surface area contributed by atoms with E-state index in [9.17, 15) is 4.79 Å². The lowest BCUT2D eigenvalue weighted by molar-refractivity contribution is 0.0950. The van der Waals surface area contributed by atoms with Crippen LogP contribution in [0.5, 0.6) is 0 Å². The number of rotatable bonds is 4. The van der Waals surface area contributed by atoms with E-state index < -0.39 is 5.91 Å². The molecule has 0 radical (unpaired) electrons. The van der Waals surface area contributed by atoms with E-state index in [1.165, 1.54) is 0 Å². The predicted octanol–water partition coefficient (Wildman–Crippen LogP) is 2.42. The Labute approximate surface area is 119 Å². The number of carbonyl (C=O) groups is 1. The molecule has 7 heteroatoms. The first-order valence-electron chi connectivity index (χ1n) is 6.22. The van der Waals surface area contributed by atoms with Crippen LogP contribution in [0, 0.1) is 0 Å². The van der Waals surface area contributed by atoms with E-state index in [1.54, 1.807) is 49.8 Å². The average molecular weight is 284 g/mol. The van der Waals surface area contributed by atoms with Crippen LogP contribution < -0.4 is 5.43 Å². The lowest BCUT2D eigenvalue weighted by Crippen LogP contribution is -2.19. The number of hydrogen-bond donors (Lipinski definition) is 2. The summed E-state index contributed by atoms with van der Waals surface area (Å²) >= 11 is 0. The van der Waals surface area contributed by atoms with Crippen LogP contribution >= 0.6 is 0 Å². The summed E-state index contributed by atoms with van der Waals surface area (Å²) in [5, 5.41) is 10.6. The number of carbonyl (C=O) groups excluding carboxylic acids is 1. The van der Waals surface area contributed by atoms with Gasteiger partial charge in [-0.2, -0.15) is 10.2 Å². The maximum Gasteiger partial charge on any atom is 0.289 e. The molecule has 106 valence electrons. The summed E-state index contributed by atoms with van der Waals surface area (Å²) < 4.78 is 10.4. The van der Waals surface area contributed by atoms with E-state index in [0.29, 0.717) is 22.9 Å². The van der Waals surface area contributed by atoms with Gasteiger partial charge in [0.05, 0.1) is 12.5 Å². The summed E-state index contributed by atoms with van der Waals surface area (Å²) in [6.07, 6.45) is 3.08. The highest BCUT2D eigenvalue weighted by molar-refractivity contribution is 5.98. The number of aromatic amines is 1. The molecule has 1 amide bonds. The molecule has 21 heavy (non-hydrogen) atoms. The summed E-state index contributed by atoms with van der Waals surface area (Å²) in [5.41, 5.74) is 3.84. The second-order valence-corrected chi connectivity index (χ2v) is 4.26. The van der Waals surface area contributed by atoms with Crippen LogP contribution in [-0.4, -0.2) is 21.8 Å². The van der Waals surface area contributed by atoms with Gasteiger partial charge in [-0.05, 0) is 31.2 Å². The monoisotopic (exact) mass is 284 g/mol. The van der Waals surface area contributed by atoms with Gasteiger partial charge in [-0.1, -0.05) is 0 Å². The lowest BCUT2D eigenvalue weighted by atomic mass is 10.3. The van der Waals surface area contributed by atoms with E-state index in [1.807, 2.05) is 0 Å². The minimum Gasteiger partial charge on any atom is -0.463 e.